The number of hydrogen-bond donors (Lipinski definition) is 2. The monoisotopic (exact) mass is 468 g/mol. The number of ether oxygens (including phenoxy) is 2. The Labute approximate surface area is 199 Å². The molecule has 0 bridgehead atoms. The van der Waals surface area contributed by atoms with Crippen LogP contribution in [0.3, 0.4) is 0 Å². The number of alkyl carbamates (subject to hydrolysis) is 1. The molecule has 0 unspecified atom stereocenters. The number of amides is 2. The van der Waals surface area contributed by atoms with Crippen LogP contribution in [-0.4, -0.2) is 67.4 Å². The zero-order valence-corrected chi connectivity index (χ0v) is 19.5. The number of carboxylic acids is 1. The maximum absolute atomic E-state index is 12.2. The van der Waals surface area contributed by atoms with Crippen molar-refractivity contribution in [2.45, 2.75) is 32.1 Å². The van der Waals surface area contributed by atoms with Crippen molar-refractivity contribution >= 4 is 18.0 Å². The van der Waals surface area contributed by atoms with Gasteiger partial charge in [0.15, 0.2) is 0 Å². The minimum atomic E-state index is -0.926. The summed E-state index contributed by atoms with van der Waals surface area (Å²) in [6.07, 6.45) is 0.349. The molecule has 0 saturated carbocycles. The van der Waals surface area contributed by atoms with Crippen molar-refractivity contribution in [1.29, 1.82) is 0 Å². The minimum Gasteiger partial charge on any atom is -0.481 e. The Hall–Kier alpha value is -3.39. The molecular weight excluding hydrogens is 436 g/mol. The molecule has 2 aromatic carbocycles. The van der Waals surface area contributed by atoms with Gasteiger partial charge in [-0.15, -0.1) is 0 Å². The number of hydrogen-bond acceptors (Lipinski definition) is 5. The van der Waals surface area contributed by atoms with Gasteiger partial charge in [-0.3, -0.25) is 9.59 Å². The molecule has 1 aliphatic rings. The number of carboxylic acid groups (broad SMARTS) is 1. The Morgan fingerprint density at radius 3 is 2.21 bits per heavy atom. The van der Waals surface area contributed by atoms with Gasteiger partial charge in [-0.2, -0.15) is 0 Å². The van der Waals surface area contributed by atoms with E-state index >= 15 is 0 Å². The van der Waals surface area contributed by atoms with E-state index in [0.29, 0.717) is 6.54 Å². The number of fused-ring (bicyclic) bond motifs is 3. The number of nitrogens with one attached hydrogen (secondary N) is 1. The molecule has 1 aliphatic carbocycles. The van der Waals surface area contributed by atoms with Gasteiger partial charge in [0.1, 0.15) is 6.61 Å². The van der Waals surface area contributed by atoms with Gasteiger partial charge in [-0.25, -0.2) is 4.79 Å². The van der Waals surface area contributed by atoms with Crippen LogP contribution < -0.4 is 5.32 Å². The molecule has 182 valence electrons. The van der Waals surface area contributed by atoms with Crippen molar-refractivity contribution in [3.05, 3.63) is 59.7 Å². The summed E-state index contributed by atoms with van der Waals surface area (Å²) in [6.45, 7) is 3.63. The fraction of sp³-hybridized carbons (Fsp3) is 0.423. The Morgan fingerprint density at radius 1 is 0.941 bits per heavy atom. The van der Waals surface area contributed by atoms with Crippen molar-refractivity contribution in [2.75, 3.05) is 39.5 Å². The molecule has 8 nitrogen and oxygen atoms in total. The lowest BCUT2D eigenvalue weighted by atomic mass is 9.98. The molecule has 8 heteroatoms. The summed E-state index contributed by atoms with van der Waals surface area (Å²) in [5.41, 5.74) is 4.67. The van der Waals surface area contributed by atoms with Crippen LogP contribution in [0, 0.1) is 0 Å². The zero-order chi connectivity index (χ0) is 24.3. The summed E-state index contributed by atoms with van der Waals surface area (Å²) in [5, 5.41) is 11.5. The molecule has 0 aliphatic heterocycles. The first-order chi connectivity index (χ1) is 16.5. The van der Waals surface area contributed by atoms with Crippen LogP contribution in [-0.2, 0) is 19.1 Å². The Kier molecular flexibility index (Phi) is 9.46. The van der Waals surface area contributed by atoms with E-state index < -0.39 is 12.1 Å². The standard InChI is InChI=1S/C26H32N2O6/c1-2-14-28(15-11-25(30)31)24(29)12-16-33-17-13-27-26(32)34-18-23-21-9-5-3-7-19(21)20-8-4-6-10-22(20)23/h3-10,23H,2,11-18H2,1H3,(H,27,32)(H,30,31). The van der Waals surface area contributed by atoms with E-state index in [-0.39, 0.29) is 57.6 Å². The van der Waals surface area contributed by atoms with Crippen molar-refractivity contribution in [3.8, 4) is 11.1 Å². The summed E-state index contributed by atoms with van der Waals surface area (Å²) >= 11 is 0. The lowest BCUT2D eigenvalue weighted by Crippen LogP contribution is -2.34. The van der Waals surface area contributed by atoms with Crippen molar-refractivity contribution in [3.63, 3.8) is 0 Å². The van der Waals surface area contributed by atoms with Gasteiger partial charge >= 0.3 is 12.1 Å². The quantitative estimate of drug-likeness (QED) is 0.435. The molecule has 0 spiro atoms. The fourth-order valence-electron chi connectivity index (χ4n) is 4.16. The van der Waals surface area contributed by atoms with E-state index in [4.69, 9.17) is 14.6 Å². The van der Waals surface area contributed by atoms with Crippen LogP contribution in [0.1, 0.15) is 43.2 Å². The Morgan fingerprint density at radius 2 is 1.59 bits per heavy atom. The number of nitrogens with zero attached hydrogens (tertiary/aromatic N) is 1. The molecule has 0 atom stereocenters. The normalized spacial score (nSPS) is 12.0. The van der Waals surface area contributed by atoms with Gasteiger partial charge in [-0.05, 0) is 28.7 Å². The van der Waals surface area contributed by atoms with Crippen LogP contribution in [0.25, 0.3) is 11.1 Å². The van der Waals surface area contributed by atoms with Crippen molar-refractivity contribution in [1.82, 2.24) is 10.2 Å². The van der Waals surface area contributed by atoms with Crippen LogP contribution >= 0.6 is 0 Å². The summed E-state index contributed by atoms with van der Waals surface area (Å²) in [6, 6.07) is 16.3. The molecule has 2 amide bonds. The van der Waals surface area contributed by atoms with E-state index in [1.165, 1.54) is 11.1 Å². The molecule has 0 aromatic heterocycles. The number of aliphatic carboxylic acids is 1. The largest absolute Gasteiger partial charge is 0.481 e. The predicted octanol–water partition coefficient (Wildman–Crippen LogP) is 3.65. The predicted molar refractivity (Wildman–Crippen MR) is 128 cm³/mol. The number of benzene rings is 2. The lowest BCUT2D eigenvalue weighted by Gasteiger charge is -2.21. The number of carbonyl (C=O) groups excluding carboxylic acids is 2. The van der Waals surface area contributed by atoms with Crippen molar-refractivity contribution in [2.24, 2.45) is 0 Å². The average Bonchev–Trinajstić information content (AvgIpc) is 3.16. The summed E-state index contributed by atoms with van der Waals surface area (Å²) < 4.78 is 10.9. The third kappa shape index (κ3) is 6.81. The average molecular weight is 469 g/mol. The van der Waals surface area contributed by atoms with Crippen molar-refractivity contribution < 1.29 is 29.0 Å². The molecule has 0 fully saturated rings. The summed E-state index contributed by atoms with van der Waals surface area (Å²) in [4.78, 5) is 36.7. The van der Waals surface area contributed by atoms with Gasteiger partial charge in [0.2, 0.25) is 5.91 Å². The molecule has 0 saturated heterocycles. The highest BCUT2D eigenvalue weighted by molar-refractivity contribution is 5.79. The molecule has 34 heavy (non-hydrogen) atoms. The lowest BCUT2D eigenvalue weighted by molar-refractivity contribution is -0.138. The zero-order valence-electron chi connectivity index (χ0n) is 19.5. The number of carbonyl (C=O) groups is 3. The van der Waals surface area contributed by atoms with E-state index in [1.807, 2.05) is 31.2 Å². The van der Waals surface area contributed by atoms with E-state index in [2.05, 4.69) is 29.6 Å². The highest BCUT2D eigenvalue weighted by Gasteiger charge is 2.28. The Bertz CT molecular complexity index is 947. The molecule has 0 heterocycles. The second kappa shape index (κ2) is 12.7. The maximum Gasteiger partial charge on any atom is 0.407 e. The second-order valence-electron chi connectivity index (χ2n) is 8.14. The first-order valence-corrected chi connectivity index (χ1v) is 11.7. The molecule has 3 rings (SSSR count). The van der Waals surface area contributed by atoms with Gasteiger partial charge in [0.05, 0.1) is 26.1 Å². The highest BCUT2D eigenvalue weighted by atomic mass is 16.5. The first kappa shape index (κ1) is 25.2. The number of rotatable bonds is 13. The van der Waals surface area contributed by atoms with Gasteiger partial charge in [-0.1, -0.05) is 55.5 Å². The second-order valence-corrected chi connectivity index (χ2v) is 8.14. The highest BCUT2D eigenvalue weighted by Crippen LogP contribution is 2.44. The topological polar surface area (TPSA) is 105 Å². The molecular formula is C26H32N2O6. The van der Waals surface area contributed by atoms with Crippen LogP contribution in [0.4, 0.5) is 4.79 Å². The van der Waals surface area contributed by atoms with Gasteiger partial charge < -0.3 is 24.8 Å². The van der Waals surface area contributed by atoms with Gasteiger partial charge in [0, 0.05) is 25.6 Å². The summed E-state index contributed by atoms with van der Waals surface area (Å²) in [7, 11) is 0. The maximum atomic E-state index is 12.2. The molecule has 2 N–H and O–H groups in total. The molecule has 2 aromatic rings. The first-order valence-electron chi connectivity index (χ1n) is 11.7. The molecule has 0 radical (unpaired) electrons. The van der Waals surface area contributed by atoms with Crippen LogP contribution in [0.5, 0.6) is 0 Å². The van der Waals surface area contributed by atoms with E-state index in [0.717, 1.165) is 17.5 Å². The fourth-order valence-corrected chi connectivity index (χ4v) is 4.16. The third-order valence-corrected chi connectivity index (χ3v) is 5.76. The summed E-state index contributed by atoms with van der Waals surface area (Å²) in [5.74, 6) is -1.05. The SMILES string of the molecule is CCCN(CCC(=O)O)C(=O)CCOCCNC(=O)OCC1c2ccccc2-c2ccccc21. The smallest absolute Gasteiger partial charge is 0.407 e. The van der Waals surface area contributed by atoms with E-state index in [1.54, 1.807) is 4.90 Å². The minimum absolute atomic E-state index is 0.00704. The third-order valence-electron chi connectivity index (χ3n) is 5.76. The Balaban J connectivity index is 1.34. The van der Waals surface area contributed by atoms with Crippen LogP contribution in [0.15, 0.2) is 48.5 Å². The van der Waals surface area contributed by atoms with Gasteiger partial charge in [0.25, 0.3) is 0 Å². The van der Waals surface area contributed by atoms with E-state index in [9.17, 15) is 14.4 Å². The van der Waals surface area contributed by atoms with Crippen LogP contribution in [0.2, 0.25) is 0 Å².